The molecule has 1 aliphatic carbocycles. The molecule has 3 N–H and O–H groups in total. The fraction of sp³-hybridized carbons (Fsp3) is 0.286. The third kappa shape index (κ3) is 2.55. The van der Waals surface area contributed by atoms with Crippen LogP contribution >= 0.6 is 11.6 Å². The van der Waals surface area contributed by atoms with Gasteiger partial charge >= 0.3 is 17.5 Å². The Morgan fingerprint density at radius 3 is 2.22 bits per heavy atom. The van der Waals surface area contributed by atoms with Gasteiger partial charge in [-0.3, -0.25) is 10.1 Å². The Morgan fingerprint density at radius 1 is 1.22 bits per heavy atom. The van der Waals surface area contributed by atoms with Gasteiger partial charge in [-0.15, -0.1) is 11.6 Å². The van der Waals surface area contributed by atoms with E-state index < -0.39 is 39.8 Å². The molecule has 0 aliphatic heterocycles. The van der Waals surface area contributed by atoms with Crippen LogP contribution in [0.5, 0.6) is 0 Å². The molecule has 9 heteroatoms. The maximum absolute atomic E-state index is 11.5. The number of aliphatic hydroxyl groups is 1. The molecule has 0 saturated carbocycles. The Kier molecular flexibility index (Phi) is 4.14. The molecule has 8 nitrogen and oxygen atoms in total. The molecule has 0 heterocycles. The van der Waals surface area contributed by atoms with Crippen LogP contribution in [0.2, 0.25) is 0 Å². The lowest BCUT2D eigenvalue weighted by molar-refractivity contribution is -0.566. The number of alkyl halides is 1. The van der Waals surface area contributed by atoms with Crippen LogP contribution in [-0.2, 0) is 9.59 Å². The summed E-state index contributed by atoms with van der Waals surface area (Å²) in [5.74, 6) is -3.59. The van der Waals surface area contributed by atoms with Crippen molar-refractivity contribution in [1.29, 1.82) is 0 Å². The molecule has 0 spiro atoms. The summed E-state index contributed by atoms with van der Waals surface area (Å²) < 4.78 is 0. The summed E-state index contributed by atoms with van der Waals surface area (Å²) in [6.07, 6.45) is -2.18. The lowest BCUT2D eigenvalue weighted by atomic mass is 9.72. The van der Waals surface area contributed by atoms with E-state index in [9.17, 15) is 35.0 Å². The molecule has 2 rings (SSSR count). The first kappa shape index (κ1) is 16.9. The van der Waals surface area contributed by atoms with Crippen molar-refractivity contribution >= 4 is 29.1 Å². The van der Waals surface area contributed by atoms with Crippen molar-refractivity contribution in [3.8, 4) is 0 Å². The molecule has 3 unspecified atom stereocenters. The van der Waals surface area contributed by atoms with E-state index in [-0.39, 0.29) is 11.1 Å². The van der Waals surface area contributed by atoms with E-state index in [1.165, 1.54) is 12.1 Å². The molecule has 0 saturated heterocycles. The molecular formula is C14H12ClNO7. The van der Waals surface area contributed by atoms with Crippen molar-refractivity contribution in [2.24, 2.45) is 0 Å². The van der Waals surface area contributed by atoms with Crippen molar-refractivity contribution < 1.29 is 29.8 Å². The van der Waals surface area contributed by atoms with E-state index >= 15 is 0 Å². The van der Waals surface area contributed by atoms with Crippen LogP contribution in [0.3, 0.4) is 0 Å². The van der Waals surface area contributed by atoms with E-state index in [4.69, 9.17) is 11.6 Å². The summed E-state index contributed by atoms with van der Waals surface area (Å²) in [4.78, 5) is 30.8. The third-order valence-electron chi connectivity index (χ3n) is 3.82. The molecule has 0 bridgehead atoms. The molecule has 23 heavy (non-hydrogen) atoms. The van der Waals surface area contributed by atoms with Crippen LogP contribution in [0.25, 0.3) is 5.57 Å². The highest BCUT2D eigenvalue weighted by molar-refractivity contribution is 6.36. The molecule has 1 aromatic carbocycles. The molecule has 122 valence electrons. The third-order valence-corrected chi connectivity index (χ3v) is 4.22. The minimum Gasteiger partial charge on any atom is -0.480 e. The second-order valence-electron chi connectivity index (χ2n) is 5.20. The first-order valence-corrected chi connectivity index (χ1v) is 6.79. The average molecular weight is 342 g/mol. The predicted molar refractivity (Wildman–Crippen MR) is 78.6 cm³/mol. The van der Waals surface area contributed by atoms with E-state index in [1.54, 1.807) is 18.2 Å². The predicted octanol–water partition coefficient (Wildman–Crippen LogP) is 0.997. The average Bonchev–Trinajstić information content (AvgIpc) is 2.49. The first-order valence-electron chi connectivity index (χ1n) is 6.41. The van der Waals surface area contributed by atoms with Crippen LogP contribution in [0.15, 0.2) is 36.4 Å². The highest BCUT2D eigenvalue weighted by atomic mass is 35.5. The standard InChI is InChI=1S/C14H12ClNO7/c15-13(11(18)19)6-9(8-4-2-1-3-5-8)10(17)14(7-13,12(20)21)16(22)23/h1-6,10,17H,7H2,(H,18,19)(H,20,21). The maximum atomic E-state index is 11.5. The molecule has 0 aromatic heterocycles. The smallest absolute Gasteiger partial charge is 0.385 e. The number of nitro groups is 1. The Balaban J connectivity index is 2.74. The molecule has 1 aromatic rings. The number of halogens is 1. The Bertz CT molecular complexity index is 688. The van der Waals surface area contributed by atoms with Gasteiger partial charge in [0.05, 0.1) is 6.42 Å². The summed E-state index contributed by atoms with van der Waals surface area (Å²) in [7, 11) is 0. The number of nitrogens with zero attached hydrogens (tertiary/aromatic N) is 1. The van der Waals surface area contributed by atoms with Crippen LogP contribution in [-0.4, -0.2) is 48.7 Å². The fourth-order valence-electron chi connectivity index (χ4n) is 2.57. The number of hydrogen-bond acceptors (Lipinski definition) is 5. The normalized spacial score (nSPS) is 30.3. The number of rotatable bonds is 4. The SMILES string of the molecule is O=C(O)C1(Cl)C=C(c2ccccc2)C(O)C(C(=O)O)([N+](=O)[O-])C1. The molecule has 1 aliphatic rings. The second kappa shape index (κ2) is 5.64. The Hall–Kier alpha value is -2.45. The summed E-state index contributed by atoms with van der Waals surface area (Å²) in [6.45, 7) is 0. The van der Waals surface area contributed by atoms with E-state index in [0.717, 1.165) is 6.08 Å². The Labute approximate surface area is 134 Å². The molecular weight excluding hydrogens is 330 g/mol. The van der Waals surface area contributed by atoms with Crippen molar-refractivity contribution in [3.63, 3.8) is 0 Å². The first-order chi connectivity index (χ1) is 10.6. The lowest BCUT2D eigenvalue weighted by Crippen LogP contribution is -2.62. The van der Waals surface area contributed by atoms with E-state index in [0.29, 0.717) is 0 Å². The van der Waals surface area contributed by atoms with Gasteiger partial charge in [-0.2, -0.15) is 0 Å². The fourth-order valence-corrected chi connectivity index (χ4v) is 2.89. The monoisotopic (exact) mass is 341 g/mol. The van der Waals surface area contributed by atoms with Gasteiger partial charge in [0, 0.05) is 4.92 Å². The summed E-state index contributed by atoms with van der Waals surface area (Å²) in [5, 5.41) is 40.3. The van der Waals surface area contributed by atoms with Crippen molar-refractivity contribution in [3.05, 3.63) is 52.1 Å². The summed E-state index contributed by atoms with van der Waals surface area (Å²) in [5.41, 5.74) is -2.92. The van der Waals surface area contributed by atoms with Crippen molar-refractivity contribution in [1.82, 2.24) is 0 Å². The van der Waals surface area contributed by atoms with Gasteiger partial charge in [-0.25, -0.2) is 9.59 Å². The molecule has 0 fully saturated rings. The lowest BCUT2D eigenvalue weighted by Gasteiger charge is -2.36. The zero-order chi connectivity index (χ0) is 17.4. The van der Waals surface area contributed by atoms with Gasteiger partial charge in [0.2, 0.25) is 0 Å². The number of aliphatic carboxylic acids is 2. The molecule has 3 atom stereocenters. The van der Waals surface area contributed by atoms with Gasteiger partial charge < -0.3 is 15.3 Å². The second-order valence-corrected chi connectivity index (χ2v) is 5.87. The summed E-state index contributed by atoms with van der Waals surface area (Å²) in [6, 6.07) is 7.69. The Morgan fingerprint density at radius 2 is 1.78 bits per heavy atom. The quantitative estimate of drug-likeness (QED) is 0.422. The number of carboxylic acids is 2. The minimum absolute atomic E-state index is 0.214. The number of hydrogen-bond donors (Lipinski definition) is 3. The van der Waals surface area contributed by atoms with Crippen molar-refractivity contribution in [2.75, 3.05) is 0 Å². The van der Waals surface area contributed by atoms with E-state index in [1.807, 2.05) is 0 Å². The van der Waals surface area contributed by atoms with Gasteiger partial charge in [-0.05, 0) is 17.2 Å². The summed E-state index contributed by atoms with van der Waals surface area (Å²) >= 11 is 5.94. The van der Waals surface area contributed by atoms with Gasteiger partial charge in [0.1, 0.15) is 0 Å². The van der Waals surface area contributed by atoms with Gasteiger partial charge in [0.15, 0.2) is 11.0 Å². The maximum Gasteiger partial charge on any atom is 0.385 e. The largest absolute Gasteiger partial charge is 0.480 e. The van der Waals surface area contributed by atoms with Crippen molar-refractivity contribution in [2.45, 2.75) is 22.9 Å². The van der Waals surface area contributed by atoms with Gasteiger partial charge in [0.25, 0.3) is 0 Å². The number of carboxylic acid groups (broad SMARTS) is 2. The molecule has 0 amide bonds. The number of carbonyl (C=O) groups is 2. The highest BCUT2D eigenvalue weighted by Gasteiger charge is 2.66. The van der Waals surface area contributed by atoms with Gasteiger partial charge in [-0.1, -0.05) is 30.3 Å². The topological polar surface area (TPSA) is 138 Å². The molecule has 0 radical (unpaired) electrons. The van der Waals surface area contributed by atoms with E-state index in [2.05, 4.69) is 0 Å². The van der Waals surface area contributed by atoms with Crippen LogP contribution in [0.4, 0.5) is 0 Å². The zero-order valence-corrected chi connectivity index (χ0v) is 12.3. The van der Waals surface area contributed by atoms with Crippen LogP contribution in [0, 0.1) is 10.1 Å². The minimum atomic E-state index is -2.96. The highest BCUT2D eigenvalue weighted by Crippen LogP contribution is 2.44. The number of benzene rings is 1. The van der Waals surface area contributed by atoms with Crippen LogP contribution in [0.1, 0.15) is 12.0 Å². The zero-order valence-electron chi connectivity index (χ0n) is 11.5. The van der Waals surface area contributed by atoms with Crippen LogP contribution < -0.4 is 0 Å². The number of aliphatic hydroxyl groups excluding tert-OH is 1.